The molecule has 9 nitrogen and oxygen atoms in total. The Bertz CT molecular complexity index is 1700. The summed E-state index contributed by atoms with van der Waals surface area (Å²) in [5, 5.41) is 12.0. The molecule has 0 saturated carbocycles. The Morgan fingerprint density at radius 2 is 1.58 bits per heavy atom. The molecule has 5 rings (SSSR count). The second-order valence-corrected chi connectivity index (χ2v) is 11.5. The number of ether oxygens (including phenoxy) is 4. The second kappa shape index (κ2) is 14.5. The number of fused-ring (bicyclic) bond motifs is 1. The predicted octanol–water partition coefficient (Wildman–Crippen LogP) is 7.69. The molecule has 1 atom stereocenters. The molecule has 1 aromatic heterocycles. The van der Waals surface area contributed by atoms with Gasteiger partial charge in [-0.25, -0.2) is 4.98 Å². The van der Waals surface area contributed by atoms with Crippen LogP contribution in [-0.2, 0) is 9.59 Å². The van der Waals surface area contributed by atoms with E-state index in [1.165, 1.54) is 16.2 Å². The number of hydrogen-bond acceptors (Lipinski definition) is 9. The zero-order valence-corrected chi connectivity index (χ0v) is 26.8. The monoisotopic (exact) mass is 630 g/mol. The molecule has 10 heteroatoms. The van der Waals surface area contributed by atoms with Crippen LogP contribution >= 0.6 is 11.3 Å². The average molecular weight is 631 g/mol. The third-order valence-corrected chi connectivity index (χ3v) is 8.27. The number of benzene rings is 3. The van der Waals surface area contributed by atoms with Gasteiger partial charge < -0.3 is 24.1 Å². The van der Waals surface area contributed by atoms with Crippen molar-refractivity contribution in [2.24, 2.45) is 0 Å². The maximum atomic E-state index is 13.8. The van der Waals surface area contributed by atoms with Crippen molar-refractivity contribution >= 4 is 44.1 Å². The molecule has 1 aliphatic heterocycles. The standard InChI is InChI=1S/C35H38N2O7S/c1-5-9-19-44-27-17-12-23(20-28(27)42-8-4)31-30(32(38)22-10-13-24(14-11-22)43-18-6-2)33(39)34(40)37(31)35-36-26-16-15-25(41-7-3)21-29(26)45-35/h10-17,20-21,31,38H,5-9,18-19H2,1-4H3. The van der Waals surface area contributed by atoms with E-state index in [0.29, 0.717) is 71.2 Å². The highest BCUT2D eigenvalue weighted by atomic mass is 32.1. The molecule has 236 valence electrons. The molecule has 0 bridgehead atoms. The van der Waals surface area contributed by atoms with Crippen molar-refractivity contribution in [3.05, 3.63) is 77.4 Å². The van der Waals surface area contributed by atoms with Gasteiger partial charge in [0.2, 0.25) is 0 Å². The molecule has 1 aliphatic rings. The minimum absolute atomic E-state index is 0.0430. The molecule has 4 aromatic rings. The summed E-state index contributed by atoms with van der Waals surface area (Å²) < 4.78 is 24.1. The van der Waals surface area contributed by atoms with Crippen molar-refractivity contribution in [2.45, 2.75) is 53.0 Å². The van der Waals surface area contributed by atoms with Gasteiger partial charge in [-0.1, -0.05) is 37.7 Å². The first-order chi connectivity index (χ1) is 21.9. The molecule has 45 heavy (non-hydrogen) atoms. The average Bonchev–Trinajstić information content (AvgIpc) is 3.58. The number of amides is 1. The molecule has 2 heterocycles. The number of nitrogens with zero attached hydrogens (tertiary/aromatic N) is 2. The molecule has 0 spiro atoms. The minimum Gasteiger partial charge on any atom is -0.507 e. The predicted molar refractivity (Wildman–Crippen MR) is 176 cm³/mol. The third kappa shape index (κ3) is 6.76. The highest BCUT2D eigenvalue weighted by molar-refractivity contribution is 7.22. The first-order valence-electron chi connectivity index (χ1n) is 15.4. The summed E-state index contributed by atoms with van der Waals surface area (Å²) >= 11 is 1.27. The zero-order chi connectivity index (χ0) is 31.9. The number of Topliss-reactive ketones (excluding diaryl/α,β-unsaturated/α-hetero) is 1. The van der Waals surface area contributed by atoms with E-state index < -0.39 is 17.7 Å². The summed E-state index contributed by atoms with van der Waals surface area (Å²) in [6.07, 6.45) is 2.73. The van der Waals surface area contributed by atoms with E-state index in [9.17, 15) is 14.7 Å². The summed E-state index contributed by atoms with van der Waals surface area (Å²) in [5.41, 5.74) is 1.58. The molecular weight excluding hydrogens is 592 g/mol. The summed E-state index contributed by atoms with van der Waals surface area (Å²) in [7, 11) is 0. The molecule has 1 fully saturated rings. The van der Waals surface area contributed by atoms with Gasteiger partial charge in [0.05, 0.1) is 48.3 Å². The summed E-state index contributed by atoms with van der Waals surface area (Å²) in [6, 6.07) is 16.7. The summed E-state index contributed by atoms with van der Waals surface area (Å²) in [5.74, 6) is 0.506. The van der Waals surface area contributed by atoms with Crippen LogP contribution in [0.15, 0.2) is 66.2 Å². The topological polar surface area (TPSA) is 107 Å². The number of aliphatic hydroxyl groups excluding tert-OH is 1. The molecule has 0 radical (unpaired) electrons. The first kappa shape index (κ1) is 31.8. The SMILES string of the molecule is CCCCOc1ccc(C2C(=C(O)c3ccc(OCCC)cc3)C(=O)C(=O)N2c2nc3ccc(OCC)cc3s2)cc1OCC. The lowest BCUT2D eigenvalue weighted by atomic mass is 9.95. The number of carbonyl (C=O) groups excluding carboxylic acids is 2. The molecular formula is C35H38N2O7S. The normalized spacial score (nSPS) is 15.9. The largest absolute Gasteiger partial charge is 0.507 e. The van der Waals surface area contributed by atoms with E-state index in [4.69, 9.17) is 23.9 Å². The van der Waals surface area contributed by atoms with Gasteiger partial charge >= 0.3 is 5.91 Å². The van der Waals surface area contributed by atoms with Crippen LogP contribution in [0.3, 0.4) is 0 Å². The molecule has 1 amide bonds. The number of aromatic nitrogens is 1. The number of thiazole rings is 1. The number of anilines is 1. The fraction of sp³-hybridized carbons (Fsp3) is 0.343. The Hall–Kier alpha value is -4.57. The van der Waals surface area contributed by atoms with Crippen LogP contribution in [0.5, 0.6) is 23.0 Å². The van der Waals surface area contributed by atoms with Crippen LogP contribution in [0.25, 0.3) is 16.0 Å². The molecule has 1 saturated heterocycles. The number of carbonyl (C=O) groups is 2. The van der Waals surface area contributed by atoms with Crippen LogP contribution < -0.4 is 23.8 Å². The van der Waals surface area contributed by atoms with Crippen molar-refractivity contribution in [3.63, 3.8) is 0 Å². The number of aliphatic hydroxyl groups is 1. The molecule has 0 aliphatic carbocycles. The van der Waals surface area contributed by atoms with Crippen LogP contribution in [0.2, 0.25) is 0 Å². The maximum absolute atomic E-state index is 13.8. The van der Waals surface area contributed by atoms with E-state index in [1.807, 2.05) is 39.0 Å². The van der Waals surface area contributed by atoms with E-state index in [-0.39, 0.29) is 11.3 Å². The van der Waals surface area contributed by atoms with Crippen molar-refractivity contribution in [1.82, 2.24) is 4.98 Å². The van der Waals surface area contributed by atoms with Crippen molar-refractivity contribution in [3.8, 4) is 23.0 Å². The summed E-state index contributed by atoms with van der Waals surface area (Å²) in [6.45, 7) is 9.88. The fourth-order valence-electron chi connectivity index (χ4n) is 5.09. The Kier molecular flexibility index (Phi) is 10.2. The number of rotatable bonds is 14. The Morgan fingerprint density at radius 3 is 2.29 bits per heavy atom. The lowest BCUT2D eigenvalue weighted by molar-refractivity contribution is -0.132. The molecule has 3 aromatic carbocycles. The van der Waals surface area contributed by atoms with Gasteiger partial charge in [0.25, 0.3) is 5.78 Å². The highest BCUT2D eigenvalue weighted by Gasteiger charge is 2.48. The minimum atomic E-state index is -0.975. The van der Waals surface area contributed by atoms with E-state index in [2.05, 4.69) is 6.92 Å². The van der Waals surface area contributed by atoms with Gasteiger partial charge in [0.1, 0.15) is 17.3 Å². The smallest absolute Gasteiger partial charge is 0.301 e. The van der Waals surface area contributed by atoms with Gasteiger partial charge in [0, 0.05) is 5.56 Å². The van der Waals surface area contributed by atoms with Gasteiger partial charge in [-0.3, -0.25) is 14.5 Å². The van der Waals surface area contributed by atoms with Gasteiger partial charge in [-0.05, 0) is 86.8 Å². The van der Waals surface area contributed by atoms with Crippen LogP contribution in [0.4, 0.5) is 5.13 Å². The van der Waals surface area contributed by atoms with E-state index >= 15 is 0 Å². The lowest BCUT2D eigenvalue weighted by Crippen LogP contribution is -2.29. The molecule has 1 N–H and O–H groups in total. The first-order valence-corrected chi connectivity index (χ1v) is 16.2. The highest BCUT2D eigenvalue weighted by Crippen LogP contribution is 2.46. The second-order valence-electron chi connectivity index (χ2n) is 10.4. The number of hydrogen-bond donors (Lipinski definition) is 1. The van der Waals surface area contributed by atoms with Crippen molar-refractivity contribution < 1.29 is 33.6 Å². The Balaban J connectivity index is 1.64. The van der Waals surface area contributed by atoms with Crippen LogP contribution in [-0.4, -0.2) is 48.2 Å². The van der Waals surface area contributed by atoms with Gasteiger partial charge in [-0.15, -0.1) is 0 Å². The zero-order valence-electron chi connectivity index (χ0n) is 26.0. The fourth-order valence-corrected chi connectivity index (χ4v) is 6.11. The van der Waals surface area contributed by atoms with Crippen LogP contribution in [0, 0.1) is 0 Å². The summed E-state index contributed by atoms with van der Waals surface area (Å²) in [4.78, 5) is 33.7. The van der Waals surface area contributed by atoms with E-state index in [0.717, 1.165) is 24.0 Å². The number of unbranched alkanes of at least 4 members (excludes halogenated alkanes) is 1. The van der Waals surface area contributed by atoms with E-state index in [1.54, 1.807) is 42.5 Å². The maximum Gasteiger partial charge on any atom is 0.301 e. The quantitative estimate of drug-likeness (QED) is 0.0654. The third-order valence-electron chi connectivity index (χ3n) is 7.25. The lowest BCUT2D eigenvalue weighted by Gasteiger charge is -2.24. The Labute approximate surface area is 267 Å². The van der Waals surface area contributed by atoms with Crippen LogP contribution in [0.1, 0.15) is 64.1 Å². The van der Waals surface area contributed by atoms with Crippen molar-refractivity contribution in [2.75, 3.05) is 31.3 Å². The van der Waals surface area contributed by atoms with Crippen molar-refractivity contribution in [1.29, 1.82) is 0 Å². The van der Waals surface area contributed by atoms with Gasteiger partial charge in [-0.2, -0.15) is 0 Å². The van der Waals surface area contributed by atoms with Gasteiger partial charge in [0.15, 0.2) is 16.6 Å². The number of ketones is 1. The molecule has 1 unspecified atom stereocenters. The Morgan fingerprint density at radius 1 is 0.822 bits per heavy atom.